The van der Waals surface area contributed by atoms with E-state index in [0.29, 0.717) is 6.61 Å². The van der Waals surface area contributed by atoms with Gasteiger partial charge in [-0.05, 0) is 27.8 Å². The summed E-state index contributed by atoms with van der Waals surface area (Å²) in [6.07, 6.45) is 0. The third kappa shape index (κ3) is 5.70. The molecule has 5 heteroatoms. The number of hydrogen-bond donors (Lipinski definition) is 0. The molecule has 1 amide bonds. The molecule has 0 atom stereocenters. The second-order valence-electron chi connectivity index (χ2n) is 4.08. The van der Waals surface area contributed by atoms with Crippen LogP contribution in [0.3, 0.4) is 0 Å². The highest BCUT2D eigenvalue weighted by Gasteiger charge is 2.15. The predicted molar refractivity (Wildman–Crippen MR) is 62.0 cm³/mol. The lowest BCUT2D eigenvalue weighted by molar-refractivity contribution is -0.144. The van der Waals surface area contributed by atoms with Crippen molar-refractivity contribution in [3.05, 3.63) is 0 Å². The minimum atomic E-state index is -0.301. The molecule has 0 aromatic carbocycles. The zero-order chi connectivity index (χ0) is 12.7. The molecule has 16 heavy (non-hydrogen) atoms. The number of likely N-dealkylation sites (N-methyl/N-ethyl adjacent to an activating group) is 2. The van der Waals surface area contributed by atoms with Crippen LogP contribution in [0, 0.1) is 0 Å². The van der Waals surface area contributed by atoms with Gasteiger partial charge in [-0.25, -0.2) is 0 Å². The van der Waals surface area contributed by atoms with Crippen molar-refractivity contribution in [2.45, 2.75) is 26.8 Å². The third-order valence-electron chi connectivity index (χ3n) is 2.28. The molecule has 0 aliphatic heterocycles. The zero-order valence-corrected chi connectivity index (χ0v) is 10.8. The molecular formula is C11H22N2O3. The summed E-state index contributed by atoms with van der Waals surface area (Å²) in [5.41, 5.74) is 0. The second-order valence-corrected chi connectivity index (χ2v) is 4.08. The number of rotatable bonds is 6. The van der Waals surface area contributed by atoms with Gasteiger partial charge in [0.1, 0.15) is 0 Å². The van der Waals surface area contributed by atoms with Crippen LogP contribution in [0.4, 0.5) is 0 Å². The molecule has 0 aliphatic carbocycles. The SMILES string of the molecule is CCOC(=O)CN(C)CC(=O)N(C)C(C)C. The van der Waals surface area contributed by atoms with Gasteiger partial charge in [-0.15, -0.1) is 0 Å². The third-order valence-corrected chi connectivity index (χ3v) is 2.28. The van der Waals surface area contributed by atoms with Gasteiger partial charge in [0.2, 0.25) is 5.91 Å². The number of amides is 1. The molecule has 0 aromatic heterocycles. The molecule has 0 N–H and O–H groups in total. The van der Waals surface area contributed by atoms with Crippen molar-refractivity contribution in [1.29, 1.82) is 0 Å². The summed E-state index contributed by atoms with van der Waals surface area (Å²) in [7, 11) is 3.48. The van der Waals surface area contributed by atoms with Crippen LogP contribution in [0.5, 0.6) is 0 Å². The summed E-state index contributed by atoms with van der Waals surface area (Å²) in [5.74, 6) is -0.299. The maximum absolute atomic E-state index is 11.7. The van der Waals surface area contributed by atoms with Gasteiger partial charge < -0.3 is 9.64 Å². The minimum Gasteiger partial charge on any atom is -0.465 e. The van der Waals surface area contributed by atoms with E-state index in [0.717, 1.165) is 0 Å². The van der Waals surface area contributed by atoms with E-state index in [4.69, 9.17) is 4.74 Å². The summed E-state index contributed by atoms with van der Waals surface area (Å²) in [5, 5.41) is 0. The van der Waals surface area contributed by atoms with Gasteiger partial charge >= 0.3 is 5.97 Å². The maximum Gasteiger partial charge on any atom is 0.320 e. The maximum atomic E-state index is 11.7. The predicted octanol–water partition coefficient (Wildman–Crippen LogP) is 0.348. The molecule has 0 heterocycles. The number of carbonyl (C=O) groups excluding carboxylic acids is 2. The topological polar surface area (TPSA) is 49.9 Å². The van der Waals surface area contributed by atoms with Crippen molar-refractivity contribution in [2.75, 3.05) is 33.8 Å². The Kier molecular flexibility index (Phi) is 6.72. The smallest absolute Gasteiger partial charge is 0.320 e. The molecule has 0 aliphatic rings. The van der Waals surface area contributed by atoms with Crippen LogP contribution in [0.25, 0.3) is 0 Å². The van der Waals surface area contributed by atoms with Crippen molar-refractivity contribution in [1.82, 2.24) is 9.80 Å². The van der Waals surface area contributed by atoms with Crippen molar-refractivity contribution >= 4 is 11.9 Å². The Hall–Kier alpha value is -1.10. The fourth-order valence-corrected chi connectivity index (χ4v) is 1.11. The highest BCUT2D eigenvalue weighted by atomic mass is 16.5. The summed E-state index contributed by atoms with van der Waals surface area (Å²) in [4.78, 5) is 26.1. The monoisotopic (exact) mass is 230 g/mol. The molecule has 5 nitrogen and oxygen atoms in total. The molecule has 0 saturated carbocycles. The molecule has 0 saturated heterocycles. The molecule has 0 bridgehead atoms. The van der Waals surface area contributed by atoms with E-state index in [-0.39, 0.29) is 31.0 Å². The fraction of sp³-hybridized carbons (Fsp3) is 0.818. The van der Waals surface area contributed by atoms with Crippen LogP contribution in [0.2, 0.25) is 0 Å². The van der Waals surface area contributed by atoms with Crippen LogP contribution in [-0.2, 0) is 14.3 Å². The molecule has 0 fully saturated rings. The lowest BCUT2D eigenvalue weighted by atomic mass is 10.3. The van der Waals surface area contributed by atoms with Crippen molar-refractivity contribution < 1.29 is 14.3 Å². The Bertz CT molecular complexity index is 241. The standard InChI is InChI=1S/C11H22N2O3/c1-6-16-11(15)8-12(4)7-10(14)13(5)9(2)3/h9H,6-8H2,1-5H3. The average Bonchev–Trinajstić information content (AvgIpc) is 2.16. The molecule has 0 radical (unpaired) electrons. The summed E-state index contributed by atoms with van der Waals surface area (Å²) < 4.78 is 4.80. The lowest BCUT2D eigenvalue weighted by Crippen LogP contribution is -2.41. The van der Waals surface area contributed by atoms with Crippen LogP contribution in [0.1, 0.15) is 20.8 Å². The Morgan fingerprint density at radius 3 is 2.19 bits per heavy atom. The van der Waals surface area contributed by atoms with E-state index in [9.17, 15) is 9.59 Å². The number of carbonyl (C=O) groups is 2. The first kappa shape index (κ1) is 14.9. The average molecular weight is 230 g/mol. The van der Waals surface area contributed by atoms with Gasteiger partial charge in [0, 0.05) is 13.1 Å². The fourth-order valence-electron chi connectivity index (χ4n) is 1.11. The van der Waals surface area contributed by atoms with Gasteiger partial charge in [0.05, 0.1) is 19.7 Å². The van der Waals surface area contributed by atoms with Crippen LogP contribution < -0.4 is 0 Å². The van der Waals surface area contributed by atoms with Gasteiger partial charge in [-0.3, -0.25) is 14.5 Å². The normalized spacial score (nSPS) is 10.7. The largest absolute Gasteiger partial charge is 0.465 e. The van der Waals surface area contributed by atoms with E-state index < -0.39 is 0 Å². The number of ether oxygens (including phenoxy) is 1. The first-order valence-corrected chi connectivity index (χ1v) is 5.48. The molecule has 0 unspecified atom stereocenters. The summed E-state index contributed by atoms with van der Waals surface area (Å²) >= 11 is 0. The van der Waals surface area contributed by atoms with E-state index >= 15 is 0 Å². The van der Waals surface area contributed by atoms with Gasteiger partial charge in [0.25, 0.3) is 0 Å². The zero-order valence-electron chi connectivity index (χ0n) is 10.8. The Labute approximate surface area is 97.3 Å². The quantitative estimate of drug-likeness (QED) is 0.618. The number of hydrogen-bond acceptors (Lipinski definition) is 4. The minimum absolute atomic E-state index is 0.00167. The van der Waals surface area contributed by atoms with Crippen molar-refractivity contribution in [3.63, 3.8) is 0 Å². The van der Waals surface area contributed by atoms with E-state index in [1.165, 1.54) is 0 Å². The van der Waals surface area contributed by atoms with Crippen LogP contribution in [-0.4, -0.2) is 61.5 Å². The highest BCUT2D eigenvalue weighted by Crippen LogP contribution is 1.96. The van der Waals surface area contributed by atoms with E-state index in [1.54, 1.807) is 30.8 Å². The Balaban J connectivity index is 4.00. The number of esters is 1. The van der Waals surface area contributed by atoms with Crippen LogP contribution >= 0.6 is 0 Å². The first-order chi connectivity index (χ1) is 7.38. The first-order valence-electron chi connectivity index (χ1n) is 5.48. The molecular weight excluding hydrogens is 208 g/mol. The van der Waals surface area contributed by atoms with Gasteiger partial charge in [-0.2, -0.15) is 0 Å². The van der Waals surface area contributed by atoms with Gasteiger partial charge in [-0.1, -0.05) is 0 Å². The molecule has 0 aromatic rings. The van der Waals surface area contributed by atoms with Crippen molar-refractivity contribution in [2.24, 2.45) is 0 Å². The summed E-state index contributed by atoms with van der Waals surface area (Å²) in [6.45, 7) is 6.40. The second kappa shape index (κ2) is 7.22. The molecule has 0 rings (SSSR count). The Morgan fingerprint density at radius 2 is 1.75 bits per heavy atom. The number of nitrogens with zero attached hydrogens (tertiary/aromatic N) is 2. The van der Waals surface area contributed by atoms with E-state index in [2.05, 4.69) is 0 Å². The summed E-state index contributed by atoms with van der Waals surface area (Å²) in [6, 6.07) is 0.170. The molecule has 0 spiro atoms. The molecule has 94 valence electrons. The Morgan fingerprint density at radius 1 is 1.19 bits per heavy atom. The van der Waals surface area contributed by atoms with Gasteiger partial charge in [0.15, 0.2) is 0 Å². The van der Waals surface area contributed by atoms with Crippen LogP contribution in [0.15, 0.2) is 0 Å². The lowest BCUT2D eigenvalue weighted by Gasteiger charge is -2.24. The highest BCUT2D eigenvalue weighted by molar-refractivity contribution is 5.79. The van der Waals surface area contributed by atoms with E-state index in [1.807, 2.05) is 13.8 Å². The van der Waals surface area contributed by atoms with Crippen molar-refractivity contribution in [3.8, 4) is 0 Å².